The third-order valence-corrected chi connectivity index (χ3v) is 2.03. The number of carbonyl (C=O) groups is 1. The van der Waals surface area contributed by atoms with E-state index >= 15 is 0 Å². The molecule has 16 heavy (non-hydrogen) atoms. The number of carbonyl (C=O) groups excluding carboxylic acids is 1. The first-order valence-corrected chi connectivity index (χ1v) is 4.37. The molecule has 0 amide bonds. The summed E-state index contributed by atoms with van der Waals surface area (Å²) in [6.07, 6.45) is 0. The number of halogens is 2. The topological polar surface area (TPSA) is 46.5 Å². The summed E-state index contributed by atoms with van der Waals surface area (Å²) in [5, 5.41) is 8.75. The van der Waals surface area contributed by atoms with Gasteiger partial charge in [-0.2, -0.15) is 0 Å². The summed E-state index contributed by atoms with van der Waals surface area (Å²) in [6, 6.07) is 1.53. The fraction of sp³-hybridized carbons (Fsp3) is 0.182. The predicted molar refractivity (Wildman–Crippen MR) is 53.8 cm³/mol. The third kappa shape index (κ3) is 2.25. The molecule has 0 unspecified atom stereocenters. The highest BCUT2D eigenvalue weighted by Gasteiger charge is 2.17. The van der Waals surface area contributed by atoms with E-state index in [9.17, 15) is 13.6 Å². The van der Waals surface area contributed by atoms with Crippen LogP contribution in [0.4, 0.5) is 8.78 Å². The van der Waals surface area contributed by atoms with Crippen LogP contribution in [-0.2, 0) is 4.74 Å². The Hall–Kier alpha value is -1.75. The number of benzene rings is 1. The zero-order valence-corrected chi connectivity index (χ0v) is 8.59. The van der Waals surface area contributed by atoms with Gasteiger partial charge >= 0.3 is 5.97 Å². The van der Waals surface area contributed by atoms with Crippen LogP contribution in [0.5, 0.6) is 0 Å². The fourth-order valence-electron chi connectivity index (χ4n) is 1.17. The Balaban J connectivity index is 3.27. The van der Waals surface area contributed by atoms with E-state index in [0.717, 1.165) is 19.2 Å². The Morgan fingerprint density at radius 1 is 1.38 bits per heavy atom. The third-order valence-electron chi connectivity index (χ3n) is 2.03. The molecule has 1 aromatic carbocycles. The van der Waals surface area contributed by atoms with Crippen LogP contribution in [0, 0.1) is 11.6 Å². The molecule has 0 saturated carbocycles. The molecule has 3 nitrogen and oxygen atoms in total. The van der Waals surface area contributed by atoms with Gasteiger partial charge in [0, 0.05) is 5.56 Å². The second-order valence-corrected chi connectivity index (χ2v) is 3.07. The molecule has 0 aliphatic carbocycles. The van der Waals surface area contributed by atoms with Gasteiger partial charge in [-0.1, -0.05) is 6.58 Å². The van der Waals surface area contributed by atoms with Crippen molar-refractivity contribution in [1.82, 2.24) is 0 Å². The van der Waals surface area contributed by atoms with Crippen molar-refractivity contribution in [3.05, 3.63) is 41.5 Å². The average molecular weight is 228 g/mol. The predicted octanol–water partition coefficient (Wildman–Crippen LogP) is 1.76. The smallest absolute Gasteiger partial charge is 0.340 e. The maximum absolute atomic E-state index is 13.4. The minimum atomic E-state index is -0.961. The van der Waals surface area contributed by atoms with Crippen molar-refractivity contribution in [1.29, 1.82) is 0 Å². The second-order valence-electron chi connectivity index (χ2n) is 3.07. The Morgan fingerprint density at radius 3 is 2.38 bits per heavy atom. The first kappa shape index (κ1) is 12.3. The lowest BCUT2D eigenvalue weighted by Gasteiger charge is -2.07. The van der Waals surface area contributed by atoms with Crippen molar-refractivity contribution >= 4 is 11.5 Å². The highest BCUT2D eigenvalue weighted by molar-refractivity contribution is 5.90. The molecule has 0 aromatic heterocycles. The molecule has 1 N–H and O–H groups in total. The van der Waals surface area contributed by atoms with Gasteiger partial charge < -0.3 is 9.84 Å². The highest BCUT2D eigenvalue weighted by Crippen LogP contribution is 2.21. The number of esters is 1. The molecular weight excluding hydrogens is 218 g/mol. The lowest BCUT2D eigenvalue weighted by Crippen LogP contribution is -2.07. The number of rotatable bonds is 3. The number of ether oxygens (including phenoxy) is 1. The SMILES string of the molecule is C=C(CO)c1cc(F)c(C(=O)OC)cc1F. The van der Waals surface area contributed by atoms with Crippen LogP contribution in [0.2, 0.25) is 0 Å². The molecule has 5 heteroatoms. The largest absolute Gasteiger partial charge is 0.465 e. The molecule has 1 aromatic rings. The van der Waals surface area contributed by atoms with E-state index in [1.807, 2.05) is 0 Å². The van der Waals surface area contributed by atoms with Gasteiger partial charge in [0.05, 0.1) is 19.3 Å². The molecule has 0 aliphatic heterocycles. The van der Waals surface area contributed by atoms with Gasteiger partial charge in [-0.05, 0) is 17.7 Å². The highest BCUT2D eigenvalue weighted by atomic mass is 19.1. The Morgan fingerprint density at radius 2 is 1.88 bits per heavy atom. The molecule has 0 heterocycles. The standard InChI is InChI=1S/C11H10F2O3/c1-6(5-14)7-3-10(13)8(4-9(7)12)11(15)16-2/h3-4,14H,1,5H2,2H3. The maximum atomic E-state index is 13.4. The van der Waals surface area contributed by atoms with Gasteiger partial charge in [0.2, 0.25) is 0 Å². The Kier molecular flexibility index (Phi) is 3.73. The number of methoxy groups -OCH3 is 1. The second kappa shape index (κ2) is 4.85. The number of aliphatic hydroxyl groups is 1. The van der Waals surface area contributed by atoms with Crippen molar-refractivity contribution in [2.75, 3.05) is 13.7 Å². The van der Waals surface area contributed by atoms with Crippen LogP contribution >= 0.6 is 0 Å². The molecule has 0 atom stereocenters. The number of aliphatic hydroxyl groups excluding tert-OH is 1. The first-order valence-electron chi connectivity index (χ1n) is 4.37. The van der Waals surface area contributed by atoms with E-state index in [4.69, 9.17) is 5.11 Å². The van der Waals surface area contributed by atoms with E-state index in [1.165, 1.54) is 0 Å². The molecule has 0 saturated heterocycles. The number of hydrogen-bond donors (Lipinski definition) is 1. The summed E-state index contributed by atoms with van der Waals surface area (Å²) in [5.41, 5.74) is -0.616. The van der Waals surface area contributed by atoms with Gasteiger partial charge in [0.25, 0.3) is 0 Å². The van der Waals surface area contributed by atoms with Crippen molar-refractivity contribution in [3.8, 4) is 0 Å². The summed E-state index contributed by atoms with van der Waals surface area (Å²) in [4.78, 5) is 11.0. The maximum Gasteiger partial charge on any atom is 0.340 e. The molecule has 86 valence electrons. The Bertz CT molecular complexity index is 399. The van der Waals surface area contributed by atoms with E-state index < -0.39 is 29.8 Å². The normalized spacial score (nSPS) is 10.0. The monoisotopic (exact) mass is 228 g/mol. The van der Waals surface area contributed by atoms with Crippen LogP contribution in [0.25, 0.3) is 5.57 Å². The van der Waals surface area contributed by atoms with Crippen molar-refractivity contribution in [2.45, 2.75) is 0 Å². The summed E-state index contributed by atoms with van der Waals surface area (Å²) < 4.78 is 31.1. The van der Waals surface area contributed by atoms with Crippen LogP contribution < -0.4 is 0 Å². The molecule has 0 radical (unpaired) electrons. The summed E-state index contributed by atoms with van der Waals surface area (Å²) in [6.45, 7) is 2.88. The molecule has 0 spiro atoms. The van der Waals surface area contributed by atoms with Crippen molar-refractivity contribution in [3.63, 3.8) is 0 Å². The van der Waals surface area contributed by atoms with Gasteiger partial charge in [-0.15, -0.1) is 0 Å². The first-order chi connectivity index (χ1) is 7.51. The van der Waals surface area contributed by atoms with Crippen LogP contribution in [0.3, 0.4) is 0 Å². The van der Waals surface area contributed by atoms with Crippen molar-refractivity contribution in [2.24, 2.45) is 0 Å². The fourth-order valence-corrected chi connectivity index (χ4v) is 1.17. The molecule has 0 fully saturated rings. The van der Waals surface area contributed by atoms with E-state index in [2.05, 4.69) is 11.3 Å². The van der Waals surface area contributed by atoms with Gasteiger partial charge in [-0.25, -0.2) is 13.6 Å². The molecule has 1 rings (SSSR count). The summed E-state index contributed by atoms with van der Waals surface area (Å²) >= 11 is 0. The Labute approximate surface area is 91.0 Å². The molecular formula is C11H10F2O3. The van der Waals surface area contributed by atoms with Crippen LogP contribution in [-0.4, -0.2) is 24.8 Å². The molecule has 0 bridgehead atoms. The van der Waals surface area contributed by atoms with Crippen molar-refractivity contribution < 1.29 is 23.4 Å². The van der Waals surface area contributed by atoms with Crippen LogP contribution in [0.1, 0.15) is 15.9 Å². The summed E-state index contributed by atoms with van der Waals surface area (Å²) in [7, 11) is 1.07. The lowest BCUT2D eigenvalue weighted by molar-refractivity contribution is 0.0595. The minimum absolute atomic E-state index is 0.0350. The number of hydrogen-bond acceptors (Lipinski definition) is 3. The summed E-state index contributed by atoms with van der Waals surface area (Å²) in [5.74, 6) is -2.71. The minimum Gasteiger partial charge on any atom is -0.465 e. The van der Waals surface area contributed by atoms with Gasteiger partial charge in [0.1, 0.15) is 11.6 Å². The van der Waals surface area contributed by atoms with E-state index in [-0.39, 0.29) is 11.1 Å². The zero-order chi connectivity index (χ0) is 12.3. The van der Waals surface area contributed by atoms with Gasteiger partial charge in [0.15, 0.2) is 0 Å². The van der Waals surface area contributed by atoms with E-state index in [0.29, 0.717) is 0 Å². The lowest BCUT2D eigenvalue weighted by atomic mass is 10.0. The zero-order valence-electron chi connectivity index (χ0n) is 8.59. The van der Waals surface area contributed by atoms with Crippen LogP contribution in [0.15, 0.2) is 18.7 Å². The molecule has 0 aliphatic rings. The average Bonchev–Trinajstić information content (AvgIpc) is 2.29. The van der Waals surface area contributed by atoms with E-state index in [1.54, 1.807) is 0 Å². The quantitative estimate of drug-likeness (QED) is 0.802. The van der Waals surface area contributed by atoms with Gasteiger partial charge in [-0.3, -0.25) is 0 Å².